The van der Waals surface area contributed by atoms with Crippen LogP contribution in [0, 0.1) is 0 Å². The second-order valence-electron chi connectivity index (χ2n) is 7.44. The first-order chi connectivity index (χ1) is 14.4. The van der Waals surface area contributed by atoms with Crippen LogP contribution in [0.4, 0.5) is 0 Å². The molecule has 1 aliphatic carbocycles. The molecule has 0 bridgehead atoms. The molecule has 1 saturated heterocycles. The molecule has 10 atom stereocenters. The van der Waals surface area contributed by atoms with Crippen LogP contribution >= 0.6 is 0 Å². The Labute approximate surface area is 177 Å². The van der Waals surface area contributed by atoms with Gasteiger partial charge in [0.05, 0.1) is 12.6 Å². The van der Waals surface area contributed by atoms with Gasteiger partial charge in [-0.05, 0) is 6.42 Å². The van der Waals surface area contributed by atoms with Crippen molar-refractivity contribution in [3.05, 3.63) is 0 Å². The molecule has 1 aliphatic heterocycles. The maximum Gasteiger partial charge on any atom is 0.186 e. The summed E-state index contributed by atoms with van der Waals surface area (Å²) in [6.07, 6.45) is -9.47. The average Bonchev–Trinajstić information content (AvgIpc) is 2.66. The molecule has 16 heteroatoms. The number of hydrogen-bond acceptors (Lipinski definition) is 10. The van der Waals surface area contributed by atoms with Crippen molar-refractivity contribution in [3.63, 3.8) is 0 Å². The minimum atomic E-state index is -1.53. The standard InChI is InChI=1S/C15H32N10O6/c16-3-1-4(24-14(19)20)7(26)10(29)11(3)31-12-6(25-15(21)22)9(28)8(27)5(30-12)2-23-13(17)18/h3-12,26-29H,1-2,16H2,(H4,17,18,23)(H4,19,20,24)(H4,21,22,25)/t3-,4+,5-,6-,7-,8-,9-,10+,11+,12-/m1/s1. The van der Waals surface area contributed by atoms with E-state index in [-0.39, 0.29) is 24.9 Å². The molecule has 1 saturated carbocycles. The van der Waals surface area contributed by atoms with E-state index in [4.69, 9.17) is 49.6 Å². The summed E-state index contributed by atoms with van der Waals surface area (Å²) in [6.45, 7) is -0.205. The molecule has 0 aromatic rings. The lowest BCUT2D eigenvalue weighted by Gasteiger charge is -2.45. The van der Waals surface area contributed by atoms with Crippen molar-refractivity contribution in [3.8, 4) is 0 Å². The van der Waals surface area contributed by atoms with Gasteiger partial charge in [0, 0.05) is 6.04 Å². The van der Waals surface area contributed by atoms with Gasteiger partial charge in [-0.25, -0.2) is 9.98 Å². The minimum Gasteiger partial charge on any atom is -0.388 e. The second kappa shape index (κ2) is 10.2. The van der Waals surface area contributed by atoms with Crippen molar-refractivity contribution in [2.24, 2.45) is 55.1 Å². The van der Waals surface area contributed by atoms with Crippen molar-refractivity contribution in [1.82, 2.24) is 0 Å². The van der Waals surface area contributed by atoms with E-state index in [9.17, 15) is 20.4 Å². The normalized spacial score (nSPS) is 40.5. The van der Waals surface area contributed by atoms with E-state index in [0.29, 0.717) is 0 Å². The van der Waals surface area contributed by atoms with E-state index in [2.05, 4.69) is 15.0 Å². The Bertz CT molecular complexity index is 694. The summed E-state index contributed by atoms with van der Waals surface area (Å²) in [5.74, 6) is -0.934. The molecule has 0 aromatic carbocycles. The largest absolute Gasteiger partial charge is 0.388 e. The molecule has 0 spiro atoms. The van der Waals surface area contributed by atoms with Gasteiger partial charge in [-0.3, -0.25) is 4.99 Å². The third-order valence-electron chi connectivity index (χ3n) is 5.04. The zero-order chi connectivity index (χ0) is 23.5. The molecule has 2 rings (SSSR count). The van der Waals surface area contributed by atoms with Crippen LogP contribution in [0.5, 0.6) is 0 Å². The van der Waals surface area contributed by atoms with E-state index >= 15 is 0 Å². The van der Waals surface area contributed by atoms with E-state index in [1.54, 1.807) is 0 Å². The highest BCUT2D eigenvalue weighted by Crippen LogP contribution is 2.30. The lowest BCUT2D eigenvalue weighted by atomic mass is 9.84. The quantitative estimate of drug-likeness (QED) is 0.133. The topological polar surface area (TPSA) is 319 Å². The second-order valence-corrected chi connectivity index (χ2v) is 7.44. The highest BCUT2D eigenvalue weighted by Gasteiger charge is 2.50. The maximum atomic E-state index is 10.5. The predicted molar refractivity (Wildman–Crippen MR) is 110 cm³/mol. The summed E-state index contributed by atoms with van der Waals surface area (Å²) >= 11 is 0. The first kappa shape index (κ1) is 24.8. The smallest absolute Gasteiger partial charge is 0.186 e. The van der Waals surface area contributed by atoms with Gasteiger partial charge in [0.15, 0.2) is 24.2 Å². The molecule has 2 fully saturated rings. The van der Waals surface area contributed by atoms with Gasteiger partial charge in [-0.15, -0.1) is 0 Å². The van der Waals surface area contributed by atoms with Gasteiger partial charge >= 0.3 is 0 Å². The van der Waals surface area contributed by atoms with Gasteiger partial charge in [-0.2, -0.15) is 0 Å². The fraction of sp³-hybridized carbons (Fsp3) is 0.800. The Hall–Kier alpha value is -2.47. The van der Waals surface area contributed by atoms with Crippen LogP contribution in [0.15, 0.2) is 15.0 Å². The number of aliphatic hydroxyl groups is 4. The fourth-order valence-electron chi connectivity index (χ4n) is 3.57. The Morgan fingerprint density at radius 2 is 1.45 bits per heavy atom. The molecule has 2 aliphatic rings. The van der Waals surface area contributed by atoms with E-state index in [0.717, 1.165) is 0 Å². The zero-order valence-electron chi connectivity index (χ0n) is 16.7. The lowest BCUT2D eigenvalue weighted by Crippen LogP contribution is -2.64. The van der Waals surface area contributed by atoms with Gasteiger partial charge < -0.3 is 70.0 Å². The first-order valence-corrected chi connectivity index (χ1v) is 9.44. The molecular weight excluding hydrogens is 416 g/mol. The molecule has 1 heterocycles. The van der Waals surface area contributed by atoms with Crippen LogP contribution < -0.4 is 40.1 Å². The number of rotatable bonds is 6. The summed E-state index contributed by atoms with van der Waals surface area (Å²) in [7, 11) is 0. The lowest BCUT2D eigenvalue weighted by molar-refractivity contribution is -0.287. The summed E-state index contributed by atoms with van der Waals surface area (Å²) < 4.78 is 11.5. The fourth-order valence-corrected chi connectivity index (χ4v) is 3.57. The van der Waals surface area contributed by atoms with Crippen LogP contribution in [0.1, 0.15) is 6.42 Å². The predicted octanol–water partition coefficient (Wildman–Crippen LogP) is -7.17. The highest BCUT2D eigenvalue weighted by molar-refractivity contribution is 5.76. The minimum absolute atomic E-state index is 0.0725. The molecule has 178 valence electrons. The van der Waals surface area contributed by atoms with E-state index in [1.807, 2.05) is 0 Å². The summed E-state index contributed by atoms with van der Waals surface area (Å²) in [5, 5.41) is 41.8. The van der Waals surface area contributed by atoms with Crippen LogP contribution in [0.2, 0.25) is 0 Å². The summed E-state index contributed by atoms with van der Waals surface area (Å²) in [6, 6.07) is -2.96. The van der Waals surface area contributed by atoms with Crippen molar-refractivity contribution in [2.75, 3.05) is 6.54 Å². The SMILES string of the molecule is NC(N)=NC[C@H]1O[C@H](O[C@@H]2[C@@H](O)[C@H](O)[C@@H](N=C(N)N)C[C@H]2N)[C@H](N=C(N)N)[C@@H](O)[C@@H]1O. The molecule has 18 N–H and O–H groups in total. The van der Waals surface area contributed by atoms with E-state index in [1.165, 1.54) is 0 Å². The molecule has 0 aromatic heterocycles. The Morgan fingerprint density at radius 3 is 2.00 bits per heavy atom. The number of hydrogen-bond donors (Lipinski definition) is 11. The highest BCUT2D eigenvalue weighted by atomic mass is 16.7. The molecule has 16 nitrogen and oxygen atoms in total. The molecule has 0 unspecified atom stereocenters. The third-order valence-corrected chi connectivity index (χ3v) is 5.04. The first-order valence-electron chi connectivity index (χ1n) is 9.44. The number of aliphatic hydroxyl groups excluding tert-OH is 4. The summed E-state index contributed by atoms with van der Waals surface area (Å²) in [5.41, 5.74) is 38.2. The van der Waals surface area contributed by atoms with Crippen molar-refractivity contribution in [1.29, 1.82) is 0 Å². The van der Waals surface area contributed by atoms with Crippen LogP contribution in [0.25, 0.3) is 0 Å². The maximum absolute atomic E-state index is 10.5. The van der Waals surface area contributed by atoms with Crippen LogP contribution in [-0.2, 0) is 9.47 Å². The number of nitrogens with zero attached hydrogens (tertiary/aromatic N) is 3. The average molecular weight is 448 g/mol. The van der Waals surface area contributed by atoms with Crippen molar-refractivity contribution in [2.45, 2.75) is 67.5 Å². The van der Waals surface area contributed by atoms with Crippen LogP contribution in [-0.4, -0.2) is 106 Å². The number of guanidine groups is 3. The zero-order valence-corrected chi connectivity index (χ0v) is 16.7. The van der Waals surface area contributed by atoms with Crippen LogP contribution in [0.3, 0.4) is 0 Å². The number of nitrogens with two attached hydrogens (primary N) is 7. The van der Waals surface area contributed by atoms with Crippen molar-refractivity contribution < 1.29 is 29.9 Å². The number of aliphatic imine (C=N–C) groups is 3. The molecule has 31 heavy (non-hydrogen) atoms. The third kappa shape index (κ3) is 6.03. The van der Waals surface area contributed by atoms with Gasteiger partial charge in [0.1, 0.15) is 42.7 Å². The van der Waals surface area contributed by atoms with E-state index < -0.39 is 67.0 Å². The van der Waals surface area contributed by atoms with Gasteiger partial charge in [0.2, 0.25) is 0 Å². The summed E-state index contributed by atoms with van der Waals surface area (Å²) in [4.78, 5) is 11.5. The Morgan fingerprint density at radius 1 is 0.839 bits per heavy atom. The molecule has 0 amide bonds. The Balaban J connectivity index is 2.26. The number of ether oxygens (including phenoxy) is 2. The van der Waals surface area contributed by atoms with Crippen molar-refractivity contribution >= 4 is 17.9 Å². The van der Waals surface area contributed by atoms with Gasteiger partial charge in [0.25, 0.3) is 0 Å². The molecular formula is C15H32N10O6. The Kier molecular flexibility index (Phi) is 8.18. The molecule has 0 radical (unpaired) electrons. The van der Waals surface area contributed by atoms with Gasteiger partial charge in [-0.1, -0.05) is 0 Å². The monoisotopic (exact) mass is 448 g/mol.